The van der Waals surface area contributed by atoms with Crippen molar-refractivity contribution in [2.45, 2.75) is 50.6 Å². The Morgan fingerprint density at radius 3 is 2.86 bits per heavy atom. The van der Waals surface area contributed by atoms with Crippen molar-refractivity contribution in [3.63, 3.8) is 0 Å². The fourth-order valence-corrected chi connectivity index (χ4v) is 2.88. The van der Waals surface area contributed by atoms with Gasteiger partial charge in [-0.1, -0.05) is 0 Å². The Hall–Kier alpha value is -1.89. The van der Waals surface area contributed by atoms with E-state index in [9.17, 15) is 4.79 Å². The summed E-state index contributed by atoms with van der Waals surface area (Å²) >= 11 is 0. The van der Waals surface area contributed by atoms with Gasteiger partial charge in [-0.2, -0.15) is 4.98 Å². The highest BCUT2D eigenvalue weighted by atomic mass is 16.5. The molecule has 0 radical (unpaired) electrons. The zero-order valence-corrected chi connectivity index (χ0v) is 12.9. The van der Waals surface area contributed by atoms with E-state index in [1.54, 1.807) is 0 Å². The van der Waals surface area contributed by atoms with E-state index in [0.29, 0.717) is 23.9 Å². The Labute approximate surface area is 130 Å². The molecule has 0 aromatic carbocycles. The monoisotopic (exact) mass is 305 g/mol. The van der Waals surface area contributed by atoms with Crippen LogP contribution in [-0.2, 0) is 4.74 Å². The number of nitrogens with one attached hydrogen (secondary N) is 2. The van der Waals surface area contributed by atoms with Crippen molar-refractivity contribution in [2.24, 2.45) is 5.73 Å². The van der Waals surface area contributed by atoms with Crippen LogP contribution in [0.15, 0.2) is 6.20 Å². The number of nitrogens with zero attached hydrogens (tertiary/aromatic N) is 2. The predicted octanol–water partition coefficient (Wildman–Crippen LogP) is 1.52. The molecular formula is C15H23N5O2. The first-order valence-corrected chi connectivity index (χ1v) is 7.85. The normalized spacial score (nSPS) is 23.4. The molecule has 7 nitrogen and oxygen atoms in total. The van der Waals surface area contributed by atoms with Gasteiger partial charge in [0.15, 0.2) is 0 Å². The third kappa shape index (κ3) is 3.30. The Kier molecular flexibility index (Phi) is 4.15. The quantitative estimate of drug-likeness (QED) is 0.762. The van der Waals surface area contributed by atoms with E-state index < -0.39 is 5.91 Å². The van der Waals surface area contributed by atoms with E-state index in [0.717, 1.165) is 32.3 Å². The molecule has 120 valence electrons. The van der Waals surface area contributed by atoms with E-state index in [-0.39, 0.29) is 11.6 Å². The van der Waals surface area contributed by atoms with Crippen molar-refractivity contribution in [1.29, 1.82) is 0 Å². The minimum atomic E-state index is -0.516. The number of anilines is 2. The molecule has 1 aromatic rings. The molecule has 4 N–H and O–H groups in total. The first kappa shape index (κ1) is 15.0. The summed E-state index contributed by atoms with van der Waals surface area (Å²) in [7, 11) is 0. The smallest absolute Gasteiger partial charge is 0.254 e. The van der Waals surface area contributed by atoms with Crippen molar-refractivity contribution >= 4 is 17.7 Å². The lowest BCUT2D eigenvalue weighted by molar-refractivity contribution is 0.0874. The topological polar surface area (TPSA) is 102 Å². The van der Waals surface area contributed by atoms with Crippen molar-refractivity contribution in [3.8, 4) is 0 Å². The molecule has 0 unspecified atom stereocenters. The summed E-state index contributed by atoms with van der Waals surface area (Å²) in [6.45, 7) is 3.59. The number of carbonyl (C=O) groups is 1. The van der Waals surface area contributed by atoms with E-state index in [2.05, 4.69) is 27.5 Å². The number of ether oxygens (including phenoxy) is 1. The minimum Gasteiger partial charge on any atom is -0.379 e. The number of primary amides is 1. The molecule has 22 heavy (non-hydrogen) atoms. The molecule has 1 saturated heterocycles. The number of hydrogen-bond acceptors (Lipinski definition) is 6. The molecule has 1 aliphatic heterocycles. The van der Waals surface area contributed by atoms with Gasteiger partial charge in [0.25, 0.3) is 5.91 Å². The van der Waals surface area contributed by atoms with Crippen molar-refractivity contribution in [1.82, 2.24) is 9.97 Å². The first-order valence-electron chi connectivity index (χ1n) is 7.85. The van der Waals surface area contributed by atoms with Gasteiger partial charge in [-0.3, -0.25) is 4.79 Å². The maximum absolute atomic E-state index is 11.6. The molecule has 0 spiro atoms. The lowest BCUT2D eigenvalue weighted by atomic mass is 9.78. The van der Waals surface area contributed by atoms with Gasteiger partial charge in [0, 0.05) is 18.3 Å². The van der Waals surface area contributed by atoms with Gasteiger partial charge in [0.05, 0.1) is 18.2 Å². The molecule has 1 aromatic heterocycles. The van der Waals surface area contributed by atoms with Crippen molar-refractivity contribution in [3.05, 3.63) is 11.8 Å². The van der Waals surface area contributed by atoms with Crippen LogP contribution in [0.1, 0.15) is 49.4 Å². The highest BCUT2D eigenvalue weighted by Gasteiger charge is 2.33. The second kappa shape index (κ2) is 6.08. The third-order valence-corrected chi connectivity index (χ3v) is 4.43. The maximum atomic E-state index is 11.6. The third-order valence-electron chi connectivity index (χ3n) is 4.43. The Morgan fingerprint density at radius 2 is 2.27 bits per heavy atom. The summed E-state index contributed by atoms with van der Waals surface area (Å²) in [6.07, 6.45) is 6.86. The summed E-state index contributed by atoms with van der Waals surface area (Å²) in [5.74, 6) is 0.507. The molecule has 1 atom stereocenters. The molecule has 2 aliphatic rings. The molecular weight excluding hydrogens is 282 g/mol. The molecule has 1 aliphatic carbocycles. The van der Waals surface area contributed by atoms with Gasteiger partial charge in [0.2, 0.25) is 5.95 Å². The van der Waals surface area contributed by atoms with Crippen LogP contribution in [0, 0.1) is 0 Å². The first-order chi connectivity index (χ1) is 10.6. The fraction of sp³-hybridized carbons (Fsp3) is 0.667. The SMILES string of the molecule is CC1(Nc2nc(N[C@H]3CCCOC3)ncc2C(N)=O)CCC1. The lowest BCUT2D eigenvalue weighted by Gasteiger charge is -2.40. The van der Waals surface area contributed by atoms with E-state index in [4.69, 9.17) is 10.5 Å². The molecule has 7 heteroatoms. The summed E-state index contributed by atoms with van der Waals surface area (Å²) in [5.41, 5.74) is 5.75. The Balaban J connectivity index is 1.78. The highest BCUT2D eigenvalue weighted by Crippen LogP contribution is 2.35. The second-order valence-electron chi connectivity index (χ2n) is 6.42. The minimum absolute atomic E-state index is 0.0101. The molecule has 1 amide bonds. The van der Waals surface area contributed by atoms with Gasteiger partial charge >= 0.3 is 0 Å². The summed E-state index contributed by atoms with van der Waals surface area (Å²) in [5, 5.41) is 6.63. The molecule has 1 saturated carbocycles. The van der Waals surface area contributed by atoms with E-state index in [1.807, 2.05) is 0 Å². The zero-order valence-electron chi connectivity index (χ0n) is 12.9. The van der Waals surface area contributed by atoms with Crippen LogP contribution in [0.2, 0.25) is 0 Å². The molecule has 2 fully saturated rings. The number of nitrogens with two attached hydrogens (primary N) is 1. The van der Waals surface area contributed by atoms with Crippen molar-refractivity contribution < 1.29 is 9.53 Å². The average molecular weight is 305 g/mol. The number of carbonyl (C=O) groups excluding carboxylic acids is 1. The summed E-state index contributed by atoms with van der Waals surface area (Å²) in [4.78, 5) is 20.3. The van der Waals surface area contributed by atoms with Gasteiger partial charge in [-0.15, -0.1) is 0 Å². The van der Waals surface area contributed by atoms with E-state index >= 15 is 0 Å². The van der Waals surface area contributed by atoms with Gasteiger partial charge in [-0.25, -0.2) is 4.98 Å². The van der Waals surface area contributed by atoms with Crippen LogP contribution in [-0.4, -0.2) is 40.7 Å². The molecule has 0 bridgehead atoms. The van der Waals surface area contributed by atoms with Crippen LogP contribution in [0.3, 0.4) is 0 Å². The predicted molar refractivity (Wildman–Crippen MR) is 83.9 cm³/mol. The number of rotatable bonds is 5. The van der Waals surface area contributed by atoms with Gasteiger partial charge in [0.1, 0.15) is 5.82 Å². The standard InChI is InChI=1S/C15H23N5O2/c1-15(5-3-6-15)20-13-11(12(16)21)8-17-14(19-13)18-10-4-2-7-22-9-10/h8,10H,2-7,9H2,1H3,(H2,16,21)(H2,17,18,19,20)/t10-/m0/s1. The fourth-order valence-electron chi connectivity index (χ4n) is 2.88. The summed E-state index contributed by atoms with van der Waals surface area (Å²) < 4.78 is 5.45. The second-order valence-corrected chi connectivity index (χ2v) is 6.42. The van der Waals surface area contributed by atoms with Crippen molar-refractivity contribution in [2.75, 3.05) is 23.8 Å². The molecule has 2 heterocycles. The van der Waals surface area contributed by atoms with Crippen LogP contribution in [0.5, 0.6) is 0 Å². The number of aromatic nitrogens is 2. The molecule has 3 rings (SSSR count). The summed E-state index contributed by atoms with van der Waals surface area (Å²) in [6, 6.07) is 0.209. The van der Waals surface area contributed by atoms with Crippen LogP contribution >= 0.6 is 0 Å². The largest absolute Gasteiger partial charge is 0.379 e. The van der Waals surface area contributed by atoms with Gasteiger partial charge in [-0.05, 0) is 39.0 Å². The van der Waals surface area contributed by atoms with Gasteiger partial charge < -0.3 is 21.1 Å². The number of hydrogen-bond donors (Lipinski definition) is 3. The van der Waals surface area contributed by atoms with Crippen LogP contribution in [0.25, 0.3) is 0 Å². The van der Waals surface area contributed by atoms with Crippen LogP contribution in [0.4, 0.5) is 11.8 Å². The zero-order chi connectivity index (χ0) is 15.6. The van der Waals surface area contributed by atoms with Crippen LogP contribution < -0.4 is 16.4 Å². The Bertz CT molecular complexity index is 553. The average Bonchev–Trinajstić information content (AvgIpc) is 2.46. The number of amides is 1. The maximum Gasteiger partial charge on any atom is 0.254 e. The Morgan fingerprint density at radius 1 is 1.45 bits per heavy atom. The lowest BCUT2D eigenvalue weighted by Crippen LogP contribution is -2.42. The highest BCUT2D eigenvalue weighted by molar-refractivity contribution is 5.97. The van der Waals surface area contributed by atoms with E-state index in [1.165, 1.54) is 12.6 Å².